The second-order valence-electron chi connectivity index (χ2n) is 8.49. The molecule has 8 heteroatoms. The number of nitro benzene ring substituents is 1. The Labute approximate surface area is 170 Å². The summed E-state index contributed by atoms with van der Waals surface area (Å²) in [5, 5.41) is 15.0. The Kier molecular flexibility index (Phi) is 5.89. The van der Waals surface area contributed by atoms with Gasteiger partial charge in [0.25, 0.3) is 5.69 Å². The van der Waals surface area contributed by atoms with E-state index in [1.165, 1.54) is 12.5 Å². The van der Waals surface area contributed by atoms with Gasteiger partial charge >= 0.3 is 0 Å². The van der Waals surface area contributed by atoms with E-state index in [4.69, 9.17) is 9.47 Å². The zero-order valence-electron chi connectivity index (χ0n) is 16.9. The molecule has 1 N–H and O–H groups in total. The summed E-state index contributed by atoms with van der Waals surface area (Å²) in [6, 6.07) is 2.48. The number of ether oxygens (including phenoxy) is 2. The first kappa shape index (κ1) is 19.9. The minimum Gasteiger partial charge on any atom is -0.454 e. The molecule has 0 aromatic heterocycles. The number of piperidine rings is 1. The summed E-state index contributed by atoms with van der Waals surface area (Å²) >= 11 is 0. The molecule has 1 amide bonds. The third kappa shape index (κ3) is 4.32. The van der Waals surface area contributed by atoms with Crippen LogP contribution in [0.15, 0.2) is 12.1 Å². The van der Waals surface area contributed by atoms with E-state index in [1.807, 2.05) is 0 Å². The lowest BCUT2D eigenvalue weighted by atomic mass is 9.92. The Morgan fingerprint density at radius 3 is 2.45 bits per heavy atom. The van der Waals surface area contributed by atoms with Gasteiger partial charge in [0, 0.05) is 6.04 Å². The smallest absolute Gasteiger partial charge is 0.278 e. The molecule has 2 aliphatic heterocycles. The number of nitrogens with zero attached hydrogens (tertiary/aromatic N) is 2. The molecule has 0 spiro atoms. The van der Waals surface area contributed by atoms with E-state index in [0.717, 1.165) is 51.6 Å². The lowest BCUT2D eigenvalue weighted by Gasteiger charge is -2.37. The maximum atomic E-state index is 13.4. The molecule has 1 aromatic rings. The second kappa shape index (κ2) is 8.57. The quantitative estimate of drug-likeness (QED) is 0.597. The van der Waals surface area contributed by atoms with Crippen molar-refractivity contribution in [1.82, 2.24) is 10.2 Å². The van der Waals surface area contributed by atoms with Crippen molar-refractivity contribution in [2.75, 3.05) is 19.9 Å². The lowest BCUT2D eigenvalue weighted by molar-refractivity contribution is -0.386. The summed E-state index contributed by atoms with van der Waals surface area (Å²) in [6.45, 7) is 3.73. The molecule has 1 saturated heterocycles. The molecule has 2 fully saturated rings. The summed E-state index contributed by atoms with van der Waals surface area (Å²) in [5.41, 5.74) is 0.304. The van der Waals surface area contributed by atoms with Gasteiger partial charge in [0.2, 0.25) is 12.7 Å². The van der Waals surface area contributed by atoms with E-state index in [2.05, 4.69) is 17.1 Å². The number of carbonyl (C=O) groups excluding carboxylic acids is 1. The summed E-state index contributed by atoms with van der Waals surface area (Å²) < 4.78 is 10.8. The Balaban J connectivity index is 1.68. The van der Waals surface area contributed by atoms with Crippen molar-refractivity contribution in [1.29, 1.82) is 0 Å². The average molecular weight is 403 g/mol. The van der Waals surface area contributed by atoms with Crippen LogP contribution in [0.4, 0.5) is 5.69 Å². The third-order valence-corrected chi connectivity index (χ3v) is 6.40. The molecule has 8 nitrogen and oxygen atoms in total. The molecule has 4 rings (SSSR count). The summed E-state index contributed by atoms with van der Waals surface area (Å²) in [4.78, 5) is 26.9. The standard InChI is InChI=1S/C21H29N3O5/c1-14-7-9-23(10-8-14)20(21(25)22-15-5-3-2-4-6-15)16-11-18-19(29-13-28-18)12-17(16)24(26)27/h11-12,14-15,20H,2-10,13H2,1H3,(H,22,25)/t20-/m1/s1. The van der Waals surface area contributed by atoms with Gasteiger partial charge in [0.05, 0.1) is 16.6 Å². The van der Waals surface area contributed by atoms with Crippen LogP contribution in [-0.4, -0.2) is 41.7 Å². The fourth-order valence-electron chi connectivity index (χ4n) is 4.64. The van der Waals surface area contributed by atoms with E-state index in [0.29, 0.717) is 23.0 Å². The van der Waals surface area contributed by atoms with Crippen molar-refractivity contribution in [2.24, 2.45) is 5.92 Å². The average Bonchev–Trinajstić information content (AvgIpc) is 3.17. The highest BCUT2D eigenvalue weighted by Gasteiger charge is 2.37. The molecule has 0 radical (unpaired) electrons. The van der Waals surface area contributed by atoms with Crippen LogP contribution in [0.5, 0.6) is 11.5 Å². The highest BCUT2D eigenvalue weighted by atomic mass is 16.7. The van der Waals surface area contributed by atoms with E-state index in [1.54, 1.807) is 6.07 Å². The first-order chi connectivity index (χ1) is 14.0. The largest absolute Gasteiger partial charge is 0.454 e. The molecule has 158 valence electrons. The Morgan fingerprint density at radius 2 is 1.79 bits per heavy atom. The maximum Gasteiger partial charge on any atom is 0.278 e. The van der Waals surface area contributed by atoms with Crippen molar-refractivity contribution >= 4 is 11.6 Å². The number of rotatable bonds is 5. The van der Waals surface area contributed by atoms with Crippen LogP contribution in [-0.2, 0) is 4.79 Å². The van der Waals surface area contributed by atoms with Crippen molar-refractivity contribution in [3.63, 3.8) is 0 Å². The highest BCUT2D eigenvalue weighted by molar-refractivity contribution is 5.85. The van der Waals surface area contributed by atoms with Gasteiger partial charge < -0.3 is 14.8 Å². The lowest BCUT2D eigenvalue weighted by Crippen LogP contribution is -2.47. The van der Waals surface area contributed by atoms with Gasteiger partial charge in [-0.05, 0) is 50.8 Å². The molecule has 1 atom stereocenters. The number of nitrogens with one attached hydrogen (secondary N) is 1. The van der Waals surface area contributed by atoms with Gasteiger partial charge in [-0.25, -0.2) is 0 Å². The molecule has 2 heterocycles. The van der Waals surface area contributed by atoms with Crippen molar-refractivity contribution < 1.29 is 19.2 Å². The Morgan fingerprint density at radius 1 is 1.14 bits per heavy atom. The molecule has 0 bridgehead atoms. The predicted molar refractivity (Wildman–Crippen MR) is 107 cm³/mol. The summed E-state index contributed by atoms with van der Waals surface area (Å²) in [5.74, 6) is 1.28. The number of likely N-dealkylation sites (tertiary alicyclic amines) is 1. The van der Waals surface area contributed by atoms with Crippen LogP contribution in [0.3, 0.4) is 0 Å². The monoisotopic (exact) mass is 403 g/mol. The number of fused-ring (bicyclic) bond motifs is 1. The zero-order valence-corrected chi connectivity index (χ0v) is 16.9. The summed E-state index contributed by atoms with van der Waals surface area (Å²) in [6.07, 6.45) is 7.32. The van der Waals surface area contributed by atoms with Gasteiger partial charge in [0.1, 0.15) is 6.04 Å². The fraction of sp³-hybridized carbons (Fsp3) is 0.667. The molecule has 0 unspecified atom stereocenters. The van der Waals surface area contributed by atoms with Crippen LogP contribution in [0.2, 0.25) is 0 Å². The first-order valence-corrected chi connectivity index (χ1v) is 10.7. The minimum absolute atomic E-state index is 0.0378. The van der Waals surface area contributed by atoms with E-state index in [-0.39, 0.29) is 24.4 Å². The SMILES string of the molecule is CC1CCN([C@@H](C(=O)NC2CCCCC2)c2cc3c(cc2[N+](=O)[O-])OCO3)CC1. The molecule has 1 saturated carbocycles. The van der Waals surface area contributed by atoms with Crippen LogP contribution in [0, 0.1) is 16.0 Å². The van der Waals surface area contributed by atoms with Gasteiger partial charge in [-0.3, -0.25) is 19.8 Å². The summed E-state index contributed by atoms with van der Waals surface area (Å²) in [7, 11) is 0. The van der Waals surface area contributed by atoms with Crippen molar-refractivity contribution in [2.45, 2.75) is 64.0 Å². The van der Waals surface area contributed by atoms with Crippen molar-refractivity contribution in [3.8, 4) is 11.5 Å². The second-order valence-corrected chi connectivity index (χ2v) is 8.49. The van der Waals surface area contributed by atoms with Crippen LogP contribution < -0.4 is 14.8 Å². The molecule has 1 aliphatic carbocycles. The van der Waals surface area contributed by atoms with E-state index >= 15 is 0 Å². The molecule has 29 heavy (non-hydrogen) atoms. The molecular formula is C21H29N3O5. The van der Waals surface area contributed by atoms with E-state index in [9.17, 15) is 14.9 Å². The van der Waals surface area contributed by atoms with Crippen LogP contribution in [0.1, 0.15) is 63.5 Å². The number of hydrogen-bond donors (Lipinski definition) is 1. The maximum absolute atomic E-state index is 13.4. The number of amides is 1. The Hall–Kier alpha value is -2.35. The van der Waals surface area contributed by atoms with Gasteiger partial charge in [0.15, 0.2) is 11.5 Å². The first-order valence-electron chi connectivity index (χ1n) is 10.7. The normalized spacial score (nSPS) is 21.7. The molecule has 3 aliphatic rings. The Bertz CT molecular complexity index is 770. The van der Waals surface area contributed by atoms with Crippen molar-refractivity contribution in [3.05, 3.63) is 27.8 Å². The predicted octanol–water partition coefficient (Wildman–Crippen LogP) is 3.55. The number of carbonyl (C=O) groups is 1. The highest BCUT2D eigenvalue weighted by Crippen LogP contribution is 2.42. The van der Waals surface area contributed by atoms with Gasteiger partial charge in [-0.15, -0.1) is 0 Å². The fourth-order valence-corrected chi connectivity index (χ4v) is 4.64. The molecule has 1 aromatic carbocycles. The van der Waals surface area contributed by atoms with E-state index < -0.39 is 11.0 Å². The van der Waals surface area contributed by atoms with Gasteiger partial charge in [-0.2, -0.15) is 0 Å². The molecular weight excluding hydrogens is 374 g/mol. The topological polar surface area (TPSA) is 93.9 Å². The van der Waals surface area contributed by atoms with Crippen LogP contribution >= 0.6 is 0 Å². The number of hydrogen-bond acceptors (Lipinski definition) is 6. The van der Waals surface area contributed by atoms with Gasteiger partial charge in [-0.1, -0.05) is 26.2 Å². The third-order valence-electron chi connectivity index (χ3n) is 6.40. The minimum atomic E-state index is -0.695. The zero-order chi connectivity index (χ0) is 20.4. The van der Waals surface area contributed by atoms with Crippen LogP contribution in [0.25, 0.3) is 0 Å². The number of benzene rings is 1. The number of nitro groups is 1.